The Balaban J connectivity index is 2.14. The molecule has 0 bridgehead atoms. The normalized spacial score (nSPS) is 25.6. The number of hydrogen-bond donors (Lipinski definition) is 2. The fraction of sp³-hybridized carbons (Fsp3) is 0.667. The van der Waals surface area contributed by atoms with Gasteiger partial charge in [0.25, 0.3) is 0 Å². The summed E-state index contributed by atoms with van der Waals surface area (Å²) in [6.07, 6.45) is 6.65. The molecular formula is C15H23N3O3. The van der Waals surface area contributed by atoms with Gasteiger partial charge >= 0.3 is 5.97 Å². The van der Waals surface area contributed by atoms with Crippen LogP contribution in [0.15, 0.2) is 12.4 Å². The van der Waals surface area contributed by atoms with E-state index in [9.17, 15) is 9.90 Å². The van der Waals surface area contributed by atoms with Gasteiger partial charge in [-0.05, 0) is 33.6 Å². The zero-order valence-corrected chi connectivity index (χ0v) is 12.8. The summed E-state index contributed by atoms with van der Waals surface area (Å²) in [5, 5.41) is 12.8. The van der Waals surface area contributed by atoms with Crippen LogP contribution in [0.2, 0.25) is 0 Å². The van der Waals surface area contributed by atoms with Gasteiger partial charge in [0, 0.05) is 6.04 Å². The number of aromatic nitrogens is 2. The van der Waals surface area contributed by atoms with Crippen LogP contribution >= 0.6 is 0 Å². The van der Waals surface area contributed by atoms with Crippen molar-refractivity contribution in [3.05, 3.63) is 12.4 Å². The highest BCUT2D eigenvalue weighted by atomic mass is 16.5. The van der Waals surface area contributed by atoms with Crippen LogP contribution in [-0.2, 0) is 4.79 Å². The van der Waals surface area contributed by atoms with Gasteiger partial charge in [-0.15, -0.1) is 0 Å². The van der Waals surface area contributed by atoms with E-state index in [0.717, 1.165) is 19.3 Å². The molecule has 0 spiro atoms. The molecule has 0 radical (unpaired) electrons. The van der Waals surface area contributed by atoms with Crippen LogP contribution in [0.1, 0.15) is 46.5 Å². The van der Waals surface area contributed by atoms with Crippen LogP contribution in [0, 0.1) is 5.41 Å². The third-order valence-corrected chi connectivity index (χ3v) is 3.99. The Hall–Kier alpha value is -1.85. The summed E-state index contributed by atoms with van der Waals surface area (Å²) in [5.41, 5.74) is -0.769. The number of hydrogen-bond acceptors (Lipinski definition) is 5. The maximum Gasteiger partial charge on any atom is 0.311 e. The zero-order chi connectivity index (χ0) is 15.5. The summed E-state index contributed by atoms with van der Waals surface area (Å²) >= 11 is 0. The Labute approximate surface area is 124 Å². The first-order valence-electron chi connectivity index (χ1n) is 7.40. The molecule has 2 rings (SSSR count). The zero-order valence-electron chi connectivity index (χ0n) is 12.8. The molecule has 1 fully saturated rings. The van der Waals surface area contributed by atoms with E-state index < -0.39 is 11.4 Å². The predicted molar refractivity (Wildman–Crippen MR) is 79.4 cm³/mol. The average Bonchev–Trinajstić information content (AvgIpc) is 2.41. The molecule has 6 heteroatoms. The van der Waals surface area contributed by atoms with Crippen LogP contribution < -0.4 is 10.1 Å². The Morgan fingerprint density at radius 1 is 1.48 bits per heavy atom. The molecule has 1 aliphatic carbocycles. The number of ether oxygens (including phenoxy) is 1. The van der Waals surface area contributed by atoms with Crippen molar-refractivity contribution < 1.29 is 14.6 Å². The number of aliphatic carboxylic acids is 1. The number of rotatable bonds is 5. The van der Waals surface area contributed by atoms with Gasteiger partial charge < -0.3 is 15.2 Å². The van der Waals surface area contributed by atoms with Crippen LogP contribution in [0.5, 0.6) is 5.88 Å². The molecule has 6 nitrogen and oxygen atoms in total. The largest absolute Gasteiger partial charge is 0.481 e. The minimum absolute atomic E-state index is 0.0218. The second-order valence-corrected chi connectivity index (χ2v) is 6.07. The molecule has 0 aromatic carbocycles. The molecule has 1 heterocycles. The number of carboxylic acids is 1. The highest BCUT2D eigenvalue weighted by Crippen LogP contribution is 2.38. The van der Waals surface area contributed by atoms with Crippen molar-refractivity contribution in [3.8, 4) is 5.88 Å². The summed E-state index contributed by atoms with van der Waals surface area (Å²) in [6, 6.07) is -0.146. The van der Waals surface area contributed by atoms with Gasteiger partial charge in [0.05, 0.1) is 23.9 Å². The van der Waals surface area contributed by atoms with Gasteiger partial charge in [-0.2, -0.15) is 4.98 Å². The topological polar surface area (TPSA) is 84.3 Å². The monoisotopic (exact) mass is 293 g/mol. The summed E-state index contributed by atoms with van der Waals surface area (Å²) in [5.74, 6) is 0.248. The van der Waals surface area contributed by atoms with Crippen molar-refractivity contribution >= 4 is 11.8 Å². The first kappa shape index (κ1) is 15.5. The van der Waals surface area contributed by atoms with Crippen molar-refractivity contribution in [2.24, 2.45) is 5.41 Å². The molecule has 1 saturated carbocycles. The second kappa shape index (κ2) is 6.28. The minimum atomic E-state index is -0.769. The number of anilines is 1. The number of nitrogens with one attached hydrogen (secondary N) is 1. The van der Waals surface area contributed by atoms with E-state index >= 15 is 0 Å². The Morgan fingerprint density at radius 3 is 2.90 bits per heavy atom. The predicted octanol–water partition coefficient (Wildman–Crippen LogP) is 2.71. The molecule has 21 heavy (non-hydrogen) atoms. The molecule has 1 aliphatic rings. The lowest BCUT2D eigenvalue weighted by Gasteiger charge is -2.38. The first-order chi connectivity index (χ1) is 9.91. The maximum atomic E-state index is 11.6. The summed E-state index contributed by atoms with van der Waals surface area (Å²) in [4.78, 5) is 20.0. The lowest BCUT2D eigenvalue weighted by atomic mass is 9.71. The highest BCUT2D eigenvalue weighted by Gasteiger charge is 2.43. The van der Waals surface area contributed by atoms with E-state index in [1.165, 1.54) is 0 Å². The van der Waals surface area contributed by atoms with Crippen molar-refractivity contribution in [2.45, 2.75) is 58.6 Å². The fourth-order valence-corrected chi connectivity index (χ4v) is 2.72. The standard InChI is InChI=1S/C15H23N3O3/c1-10(2)21-13-9-16-8-12(18-13)17-11-6-4-5-7-15(11,3)14(19)20/h8-11H,4-7H2,1-3H3,(H,17,18)(H,19,20). The van der Waals surface area contributed by atoms with Gasteiger partial charge in [0.15, 0.2) is 0 Å². The van der Waals surface area contributed by atoms with Gasteiger partial charge in [-0.1, -0.05) is 12.8 Å². The maximum absolute atomic E-state index is 11.6. The van der Waals surface area contributed by atoms with Crippen molar-refractivity contribution in [2.75, 3.05) is 5.32 Å². The van der Waals surface area contributed by atoms with Crippen molar-refractivity contribution in [1.29, 1.82) is 0 Å². The molecule has 1 aromatic heterocycles. The second-order valence-electron chi connectivity index (χ2n) is 6.07. The third kappa shape index (κ3) is 3.62. The fourth-order valence-electron chi connectivity index (χ4n) is 2.72. The molecule has 1 aromatic rings. The lowest BCUT2D eigenvalue weighted by Crippen LogP contribution is -2.46. The van der Waals surface area contributed by atoms with Crippen molar-refractivity contribution in [1.82, 2.24) is 9.97 Å². The first-order valence-corrected chi connectivity index (χ1v) is 7.40. The smallest absolute Gasteiger partial charge is 0.311 e. The molecule has 0 saturated heterocycles. The molecule has 0 amide bonds. The van der Waals surface area contributed by atoms with E-state index in [1.807, 2.05) is 13.8 Å². The Morgan fingerprint density at radius 2 is 2.24 bits per heavy atom. The summed E-state index contributed by atoms with van der Waals surface area (Å²) in [7, 11) is 0. The van der Waals surface area contributed by atoms with E-state index in [1.54, 1.807) is 19.3 Å². The molecular weight excluding hydrogens is 270 g/mol. The van der Waals surface area contributed by atoms with E-state index in [0.29, 0.717) is 18.1 Å². The number of nitrogens with zero attached hydrogens (tertiary/aromatic N) is 2. The van der Waals surface area contributed by atoms with Crippen molar-refractivity contribution in [3.63, 3.8) is 0 Å². The SMILES string of the molecule is CC(C)Oc1cncc(NC2CCCCC2(C)C(=O)O)n1. The van der Waals surface area contributed by atoms with Gasteiger partial charge in [0.2, 0.25) is 5.88 Å². The minimum Gasteiger partial charge on any atom is -0.481 e. The molecule has 0 aliphatic heterocycles. The molecule has 2 atom stereocenters. The number of carbonyl (C=O) groups is 1. The van der Waals surface area contributed by atoms with Crippen LogP contribution in [0.25, 0.3) is 0 Å². The molecule has 116 valence electrons. The Bertz CT molecular complexity index is 507. The van der Waals surface area contributed by atoms with E-state index in [4.69, 9.17) is 4.74 Å². The third-order valence-electron chi connectivity index (χ3n) is 3.99. The van der Waals surface area contributed by atoms with Crippen LogP contribution in [-0.4, -0.2) is 33.2 Å². The summed E-state index contributed by atoms with van der Waals surface area (Å²) in [6.45, 7) is 5.64. The highest BCUT2D eigenvalue weighted by molar-refractivity contribution is 5.76. The average molecular weight is 293 g/mol. The quantitative estimate of drug-likeness (QED) is 0.868. The summed E-state index contributed by atoms with van der Waals surface area (Å²) < 4.78 is 5.51. The van der Waals surface area contributed by atoms with Gasteiger partial charge in [0.1, 0.15) is 5.82 Å². The lowest BCUT2D eigenvalue weighted by molar-refractivity contribution is -0.150. The van der Waals surface area contributed by atoms with Crippen LogP contribution in [0.4, 0.5) is 5.82 Å². The van der Waals surface area contributed by atoms with Crippen LogP contribution in [0.3, 0.4) is 0 Å². The van der Waals surface area contributed by atoms with E-state index in [2.05, 4.69) is 15.3 Å². The molecule has 2 unspecified atom stereocenters. The Kier molecular flexibility index (Phi) is 4.65. The van der Waals surface area contributed by atoms with Gasteiger partial charge in [-0.25, -0.2) is 0 Å². The van der Waals surface area contributed by atoms with Gasteiger partial charge in [-0.3, -0.25) is 9.78 Å². The molecule has 2 N–H and O–H groups in total. The van der Waals surface area contributed by atoms with E-state index in [-0.39, 0.29) is 12.1 Å². The number of carboxylic acid groups (broad SMARTS) is 1.